The van der Waals surface area contributed by atoms with Crippen molar-refractivity contribution >= 4 is 22.5 Å². The molecule has 2 nitrogen and oxygen atoms in total. The summed E-state index contributed by atoms with van der Waals surface area (Å²) in [5, 5.41) is 1.86. The van der Waals surface area contributed by atoms with Crippen LogP contribution >= 0.6 is 11.6 Å². The van der Waals surface area contributed by atoms with Crippen molar-refractivity contribution in [3.63, 3.8) is 0 Å². The summed E-state index contributed by atoms with van der Waals surface area (Å²) >= 11 is 5.87. The van der Waals surface area contributed by atoms with E-state index in [1.54, 1.807) is 0 Å². The van der Waals surface area contributed by atoms with Gasteiger partial charge in [0.1, 0.15) is 5.16 Å². The Morgan fingerprint density at radius 2 is 1.29 bits per heavy atom. The molecule has 0 aliphatic heterocycles. The molecule has 0 spiro atoms. The number of nitrogens with two attached hydrogens (primary N) is 2. The Bertz CT molecular complexity index is 629. The first kappa shape index (κ1) is 11.6. The van der Waals surface area contributed by atoms with Crippen LogP contribution in [0.1, 0.15) is 5.56 Å². The Morgan fingerprint density at radius 3 is 1.88 bits per heavy atom. The molecule has 0 aliphatic rings. The summed E-state index contributed by atoms with van der Waals surface area (Å²) in [5.41, 5.74) is 13.4. The van der Waals surface area contributed by atoms with Crippen LogP contribution in [0.5, 0.6) is 0 Å². The van der Waals surface area contributed by atoms with Crippen molar-refractivity contribution in [1.29, 1.82) is 0 Å². The normalized spacial score (nSPS) is 14.2. The second-order valence-corrected chi connectivity index (χ2v) is 4.08. The van der Waals surface area contributed by atoms with E-state index >= 15 is 0 Å². The molecule has 0 saturated carbocycles. The molecular weight excluding hydrogens is 232 g/mol. The fourth-order valence-electron chi connectivity index (χ4n) is 1.70. The van der Waals surface area contributed by atoms with Gasteiger partial charge in [0, 0.05) is 16.1 Å². The van der Waals surface area contributed by atoms with E-state index in [-0.39, 0.29) is 5.16 Å². The van der Waals surface area contributed by atoms with E-state index in [1.807, 2.05) is 54.6 Å². The quantitative estimate of drug-likeness (QED) is 0.738. The van der Waals surface area contributed by atoms with Crippen LogP contribution in [-0.4, -0.2) is 0 Å². The third-order valence-electron chi connectivity index (χ3n) is 2.56. The lowest BCUT2D eigenvalue weighted by Crippen LogP contribution is -2.32. The fraction of sp³-hybridized carbons (Fsp3) is 0. The van der Waals surface area contributed by atoms with Crippen molar-refractivity contribution in [3.8, 4) is 0 Å². The van der Waals surface area contributed by atoms with Crippen molar-refractivity contribution in [2.75, 3.05) is 0 Å². The lowest BCUT2D eigenvalue weighted by atomic mass is 10.1. The van der Waals surface area contributed by atoms with Crippen LogP contribution in [0.3, 0.4) is 0 Å². The SMILES string of the molecule is N/C(c1ccccc1)=c1/cccc/c1=C(/N)Cl. The monoisotopic (exact) mass is 244 g/mol. The molecule has 0 aliphatic carbocycles. The minimum Gasteiger partial charge on any atom is -0.398 e. The zero-order valence-corrected chi connectivity index (χ0v) is 9.98. The molecule has 0 atom stereocenters. The maximum absolute atomic E-state index is 6.14. The summed E-state index contributed by atoms with van der Waals surface area (Å²) < 4.78 is 0. The van der Waals surface area contributed by atoms with E-state index in [0.29, 0.717) is 5.70 Å². The summed E-state index contributed by atoms with van der Waals surface area (Å²) in [6.45, 7) is 0. The highest BCUT2D eigenvalue weighted by atomic mass is 35.5. The van der Waals surface area contributed by atoms with E-state index in [2.05, 4.69) is 0 Å². The van der Waals surface area contributed by atoms with Gasteiger partial charge in [0.05, 0.1) is 0 Å². The Labute approximate surface area is 105 Å². The van der Waals surface area contributed by atoms with Gasteiger partial charge in [-0.25, -0.2) is 0 Å². The van der Waals surface area contributed by atoms with E-state index < -0.39 is 0 Å². The largest absolute Gasteiger partial charge is 0.398 e. The Balaban J connectivity index is 2.81. The Morgan fingerprint density at radius 1 is 0.765 bits per heavy atom. The lowest BCUT2D eigenvalue weighted by Gasteiger charge is -2.02. The highest BCUT2D eigenvalue weighted by molar-refractivity contribution is 6.44. The third-order valence-corrected chi connectivity index (χ3v) is 2.76. The van der Waals surface area contributed by atoms with Crippen LogP contribution in [-0.2, 0) is 0 Å². The Kier molecular flexibility index (Phi) is 3.35. The van der Waals surface area contributed by atoms with Gasteiger partial charge in [-0.05, 0) is 5.56 Å². The number of hydrogen-bond donors (Lipinski definition) is 2. The third kappa shape index (κ3) is 2.43. The molecule has 0 heterocycles. The smallest absolute Gasteiger partial charge is 0.107 e. The maximum atomic E-state index is 6.14. The predicted octanol–water partition coefficient (Wildman–Crippen LogP) is 1.06. The van der Waals surface area contributed by atoms with Gasteiger partial charge < -0.3 is 11.5 Å². The summed E-state index contributed by atoms with van der Waals surface area (Å²) in [6.07, 6.45) is 0. The molecule has 0 amide bonds. The molecule has 0 bridgehead atoms. The van der Waals surface area contributed by atoms with Crippen molar-refractivity contribution in [1.82, 2.24) is 0 Å². The van der Waals surface area contributed by atoms with Gasteiger partial charge in [-0.15, -0.1) is 0 Å². The number of hydrogen-bond acceptors (Lipinski definition) is 2. The van der Waals surface area contributed by atoms with Crippen LogP contribution < -0.4 is 21.9 Å². The van der Waals surface area contributed by atoms with Gasteiger partial charge >= 0.3 is 0 Å². The van der Waals surface area contributed by atoms with E-state index in [1.165, 1.54) is 0 Å². The van der Waals surface area contributed by atoms with Crippen molar-refractivity contribution in [2.45, 2.75) is 0 Å². The second kappa shape index (κ2) is 4.93. The molecule has 0 aromatic heterocycles. The Hall–Kier alpha value is -1.93. The zero-order chi connectivity index (χ0) is 12.3. The molecule has 2 rings (SSSR count). The van der Waals surface area contributed by atoms with Crippen LogP contribution in [0.15, 0.2) is 54.6 Å². The summed E-state index contributed by atoms with van der Waals surface area (Å²) in [7, 11) is 0. The van der Waals surface area contributed by atoms with Gasteiger partial charge in [-0.1, -0.05) is 66.2 Å². The van der Waals surface area contributed by atoms with Gasteiger partial charge in [-0.2, -0.15) is 0 Å². The average molecular weight is 245 g/mol. The number of rotatable bonds is 1. The standard InChI is InChI=1S/C14H13ClN2/c15-14(17)12-9-5-4-8-11(12)13(16)10-6-2-1-3-7-10/h1-9H,16-17H2/b13-11-,14-12-. The van der Waals surface area contributed by atoms with E-state index in [9.17, 15) is 0 Å². The minimum absolute atomic E-state index is 0.250. The highest BCUT2D eigenvalue weighted by Gasteiger charge is 1.98. The molecule has 0 saturated heterocycles. The molecule has 2 aromatic carbocycles. The summed E-state index contributed by atoms with van der Waals surface area (Å²) in [4.78, 5) is 0. The van der Waals surface area contributed by atoms with Gasteiger partial charge in [0.2, 0.25) is 0 Å². The van der Waals surface area contributed by atoms with Crippen LogP contribution in [0.4, 0.5) is 0 Å². The number of benzene rings is 2. The number of halogens is 1. The molecule has 3 heteroatoms. The maximum Gasteiger partial charge on any atom is 0.107 e. The molecule has 0 unspecified atom stereocenters. The molecule has 0 fully saturated rings. The van der Waals surface area contributed by atoms with E-state index in [4.69, 9.17) is 23.1 Å². The first-order valence-corrected chi connectivity index (χ1v) is 5.63. The first-order valence-electron chi connectivity index (χ1n) is 5.25. The molecule has 4 N–H and O–H groups in total. The average Bonchev–Trinajstić information content (AvgIpc) is 2.39. The summed E-state index contributed by atoms with van der Waals surface area (Å²) in [5.74, 6) is 0. The van der Waals surface area contributed by atoms with Crippen molar-refractivity contribution in [2.24, 2.45) is 11.5 Å². The molecule has 86 valence electrons. The minimum atomic E-state index is 0.250. The molecular formula is C14H13ClN2. The fourth-order valence-corrected chi connectivity index (χ4v) is 1.86. The van der Waals surface area contributed by atoms with Gasteiger partial charge in [0.25, 0.3) is 0 Å². The van der Waals surface area contributed by atoms with E-state index in [0.717, 1.165) is 16.0 Å². The topological polar surface area (TPSA) is 52.0 Å². The molecule has 0 radical (unpaired) electrons. The highest BCUT2D eigenvalue weighted by Crippen LogP contribution is 2.03. The molecule has 17 heavy (non-hydrogen) atoms. The van der Waals surface area contributed by atoms with Gasteiger partial charge in [-0.3, -0.25) is 0 Å². The zero-order valence-electron chi connectivity index (χ0n) is 9.23. The molecule has 2 aromatic rings. The predicted molar refractivity (Wildman–Crippen MR) is 72.3 cm³/mol. The van der Waals surface area contributed by atoms with Crippen LogP contribution in [0.25, 0.3) is 10.9 Å². The summed E-state index contributed by atoms with van der Waals surface area (Å²) in [6, 6.07) is 17.3. The van der Waals surface area contributed by atoms with Crippen LogP contribution in [0, 0.1) is 0 Å². The first-order chi connectivity index (χ1) is 8.20. The second-order valence-electron chi connectivity index (χ2n) is 3.67. The van der Waals surface area contributed by atoms with Crippen LogP contribution in [0.2, 0.25) is 0 Å². The lowest BCUT2D eigenvalue weighted by molar-refractivity contribution is 1.39. The van der Waals surface area contributed by atoms with Gasteiger partial charge in [0.15, 0.2) is 0 Å². The van der Waals surface area contributed by atoms with Crippen molar-refractivity contribution in [3.05, 3.63) is 70.6 Å². The van der Waals surface area contributed by atoms with Crippen molar-refractivity contribution < 1.29 is 0 Å².